The normalized spacial score (nSPS) is 14.2. The van der Waals surface area contributed by atoms with Crippen LogP contribution in [0.4, 0.5) is 0 Å². The van der Waals surface area contributed by atoms with Crippen molar-refractivity contribution >= 4 is 23.2 Å². The third-order valence-corrected chi connectivity index (χ3v) is 5.16. The van der Waals surface area contributed by atoms with Crippen molar-refractivity contribution < 1.29 is 14.3 Å². The van der Waals surface area contributed by atoms with Crippen molar-refractivity contribution in [2.45, 2.75) is 45.4 Å². The standard InChI is InChI=1S/C16H23NO3S/c1-3-17(10-9-15(18)20-2)16(19)14-11-12-7-5-4-6-8-13(12)21-14/h11H,3-10H2,1-2H3. The number of aryl methyl sites for hydroxylation is 2. The molecule has 0 spiro atoms. The summed E-state index contributed by atoms with van der Waals surface area (Å²) in [5, 5.41) is 0. The third-order valence-electron chi connectivity index (χ3n) is 3.94. The molecule has 0 saturated heterocycles. The maximum atomic E-state index is 12.6. The summed E-state index contributed by atoms with van der Waals surface area (Å²) in [4.78, 5) is 27.7. The second kappa shape index (κ2) is 7.59. The van der Waals surface area contributed by atoms with Gasteiger partial charge in [-0.2, -0.15) is 0 Å². The molecule has 1 amide bonds. The number of fused-ring (bicyclic) bond motifs is 1. The second-order valence-corrected chi connectivity index (χ2v) is 6.47. The van der Waals surface area contributed by atoms with E-state index in [0.29, 0.717) is 13.1 Å². The predicted octanol–water partition coefficient (Wildman–Crippen LogP) is 3.04. The van der Waals surface area contributed by atoms with Gasteiger partial charge in [-0.05, 0) is 44.2 Å². The Hall–Kier alpha value is -1.36. The maximum absolute atomic E-state index is 12.6. The molecule has 1 aliphatic rings. The number of amides is 1. The Kier molecular flexibility index (Phi) is 5.79. The number of carbonyl (C=O) groups is 2. The first-order valence-electron chi connectivity index (χ1n) is 7.63. The van der Waals surface area contributed by atoms with E-state index in [4.69, 9.17) is 0 Å². The van der Waals surface area contributed by atoms with E-state index in [0.717, 1.165) is 17.7 Å². The molecular weight excluding hydrogens is 286 g/mol. The monoisotopic (exact) mass is 309 g/mol. The Morgan fingerprint density at radius 3 is 2.76 bits per heavy atom. The lowest BCUT2D eigenvalue weighted by molar-refractivity contribution is -0.140. The molecule has 0 saturated carbocycles. The minimum Gasteiger partial charge on any atom is -0.469 e. The van der Waals surface area contributed by atoms with E-state index in [1.54, 1.807) is 16.2 Å². The predicted molar refractivity (Wildman–Crippen MR) is 83.8 cm³/mol. The zero-order valence-corrected chi connectivity index (χ0v) is 13.6. The molecule has 0 aliphatic heterocycles. The highest BCUT2D eigenvalue weighted by atomic mass is 32.1. The molecule has 5 heteroatoms. The Balaban J connectivity index is 2.05. The maximum Gasteiger partial charge on any atom is 0.307 e. The van der Waals surface area contributed by atoms with Gasteiger partial charge in [0.2, 0.25) is 0 Å². The number of thiophene rings is 1. The highest BCUT2D eigenvalue weighted by molar-refractivity contribution is 7.14. The van der Waals surface area contributed by atoms with Gasteiger partial charge in [0.15, 0.2) is 0 Å². The lowest BCUT2D eigenvalue weighted by atomic mass is 10.1. The molecule has 21 heavy (non-hydrogen) atoms. The fourth-order valence-corrected chi connectivity index (χ4v) is 3.88. The molecule has 0 bridgehead atoms. The first kappa shape index (κ1) is 16.0. The van der Waals surface area contributed by atoms with E-state index in [-0.39, 0.29) is 18.3 Å². The zero-order chi connectivity index (χ0) is 15.2. The van der Waals surface area contributed by atoms with Gasteiger partial charge in [-0.1, -0.05) is 6.42 Å². The molecule has 1 aromatic rings. The molecule has 0 aromatic carbocycles. The van der Waals surface area contributed by atoms with Crippen LogP contribution in [0.15, 0.2) is 6.07 Å². The van der Waals surface area contributed by atoms with Crippen LogP contribution in [0.25, 0.3) is 0 Å². The van der Waals surface area contributed by atoms with Gasteiger partial charge in [0.05, 0.1) is 18.4 Å². The first-order valence-corrected chi connectivity index (χ1v) is 8.45. The van der Waals surface area contributed by atoms with Crippen LogP contribution in [-0.2, 0) is 22.4 Å². The third kappa shape index (κ3) is 4.06. The lowest BCUT2D eigenvalue weighted by Gasteiger charge is -2.19. The van der Waals surface area contributed by atoms with Crippen molar-refractivity contribution in [3.8, 4) is 0 Å². The average molecular weight is 309 g/mol. The van der Waals surface area contributed by atoms with Crippen LogP contribution >= 0.6 is 11.3 Å². The molecular formula is C16H23NO3S. The van der Waals surface area contributed by atoms with E-state index in [1.165, 1.54) is 36.8 Å². The van der Waals surface area contributed by atoms with Gasteiger partial charge in [-0.3, -0.25) is 9.59 Å². The molecule has 1 aliphatic carbocycles. The fraction of sp³-hybridized carbons (Fsp3) is 0.625. The van der Waals surface area contributed by atoms with E-state index >= 15 is 0 Å². The van der Waals surface area contributed by atoms with Crippen LogP contribution in [0, 0.1) is 0 Å². The number of ether oxygens (including phenoxy) is 1. The SMILES string of the molecule is CCN(CCC(=O)OC)C(=O)c1cc2c(s1)CCCCC2. The molecule has 0 N–H and O–H groups in total. The van der Waals surface area contributed by atoms with E-state index in [1.807, 2.05) is 6.92 Å². The molecule has 1 aromatic heterocycles. The molecule has 2 rings (SSSR count). The van der Waals surface area contributed by atoms with Crippen molar-refractivity contribution in [2.75, 3.05) is 20.2 Å². The van der Waals surface area contributed by atoms with E-state index < -0.39 is 0 Å². The summed E-state index contributed by atoms with van der Waals surface area (Å²) in [5.41, 5.74) is 1.35. The number of carbonyl (C=O) groups excluding carboxylic acids is 2. The quantitative estimate of drug-likeness (QED) is 0.620. The fourth-order valence-electron chi connectivity index (χ4n) is 2.66. The van der Waals surface area contributed by atoms with Gasteiger partial charge in [0.25, 0.3) is 5.91 Å². The summed E-state index contributed by atoms with van der Waals surface area (Å²) in [7, 11) is 1.37. The Morgan fingerprint density at radius 2 is 2.05 bits per heavy atom. The van der Waals surface area contributed by atoms with Gasteiger partial charge < -0.3 is 9.64 Å². The largest absolute Gasteiger partial charge is 0.469 e. The van der Waals surface area contributed by atoms with Crippen LogP contribution in [0.2, 0.25) is 0 Å². The molecule has 0 unspecified atom stereocenters. The summed E-state index contributed by atoms with van der Waals surface area (Å²) in [5.74, 6) is -0.234. The van der Waals surface area contributed by atoms with Crippen LogP contribution in [-0.4, -0.2) is 37.0 Å². The van der Waals surface area contributed by atoms with Crippen molar-refractivity contribution in [1.82, 2.24) is 4.90 Å². The summed E-state index contributed by atoms with van der Waals surface area (Å²) in [6, 6.07) is 2.06. The van der Waals surface area contributed by atoms with Crippen LogP contribution in [0.5, 0.6) is 0 Å². The number of hydrogen-bond acceptors (Lipinski definition) is 4. The number of esters is 1. The second-order valence-electron chi connectivity index (χ2n) is 5.33. The molecule has 4 nitrogen and oxygen atoms in total. The Labute approximate surface area is 130 Å². The van der Waals surface area contributed by atoms with Crippen molar-refractivity contribution in [3.05, 3.63) is 21.4 Å². The van der Waals surface area contributed by atoms with Gasteiger partial charge in [-0.15, -0.1) is 11.3 Å². The zero-order valence-electron chi connectivity index (χ0n) is 12.8. The van der Waals surface area contributed by atoms with Gasteiger partial charge in [0.1, 0.15) is 0 Å². The van der Waals surface area contributed by atoms with Gasteiger partial charge >= 0.3 is 5.97 Å². The highest BCUT2D eigenvalue weighted by Crippen LogP contribution is 2.29. The summed E-state index contributed by atoms with van der Waals surface area (Å²) in [6.45, 7) is 2.97. The lowest BCUT2D eigenvalue weighted by Crippen LogP contribution is -2.32. The molecule has 116 valence electrons. The Morgan fingerprint density at radius 1 is 1.29 bits per heavy atom. The topological polar surface area (TPSA) is 46.6 Å². The molecule has 0 fully saturated rings. The smallest absolute Gasteiger partial charge is 0.307 e. The number of methoxy groups -OCH3 is 1. The number of hydrogen-bond donors (Lipinski definition) is 0. The van der Waals surface area contributed by atoms with Crippen LogP contribution < -0.4 is 0 Å². The average Bonchev–Trinajstić information content (AvgIpc) is 2.78. The van der Waals surface area contributed by atoms with Crippen molar-refractivity contribution in [3.63, 3.8) is 0 Å². The van der Waals surface area contributed by atoms with E-state index in [2.05, 4.69) is 10.8 Å². The summed E-state index contributed by atoms with van der Waals surface area (Å²) >= 11 is 1.63. The van der Waals surface area contributed by atoms with Crippen LogP contribution in [0.3, 0.4) is 0 Å². The van der Waals surface area contributed by atoms with Gasteiger partial charge in [0, 0.05) is 18.0 Å². The number of rotatable bonds is 5. The number of nitrogens with zero attached hydrogens (tertiary/aromatic N) is 1. The summed E-state index contributed by atoms with van der Waals surface area (Å²) < 4.78 is 4.64. The minimum atomic E-state index is -0.275. The minimum absolute atomic E-state index is 0.0412. The highest BCUT2D eigenvalue weighted by Gasteiger charge is 2.20. The van der Waals surface area contributed by atoms with Crippen molar-refractivity contribution in [2.24, 2.45) is 0 Å². The Bertz CT molecular complexity index is 486. The van der Waals surface area contributed by atoms with E-state index in [9.17, 15) is 9.59 Å². The molecule has 1 heterocycles. The van der Waals surface area contributed by atoms with Gasteiger partial charge in [-0.25, -0.2) is 0 Å². The van der Waals surface area contributed by atoms with Crippen molar-refractivity contribution in [1.29, 1.82) is 0 Å². The first-order chi connectivity index (χ1) is 10.2. The molecule has 0 radical (unpaired) electrons. The molecule has 0 atom stereocenters. The summed E-state index contributed by atoms with van der Waals surface area (Å²) in [6.07, 6.45) is 6.17. The van der Waals surface area contributed by atoms with Crippen LogP contribution in [0.1, 0.15) is 52.7 Å².